The van der Waals surface area contributed by atoms with Crippen molar-refractivity contribution in [1.82, 2.24) is 29.2 Å². The zero-order valence-corrected chi connectivity index (χ0v) is 30.2. The molecule has 2 aromatic heterocycles. The molecule has 4 aromatic rings. The fraction of sp³-hybridized carbons (Fsp3) is 0.439. The number of piperazine rings is 1. The Balaban J connectivity index is 1.04. The first-order valence-corrected chi connectivity index (χ1v) is 18.3. The maximum atomic E-state index is 14.1. The van der Waals surface area contributed by atoms with Crippen LogP contribution in [0.15, 0.2) is 60.7 Å². The van der Waals surface area contributed by atoms with Crippen molar-refractivity contribution in [2.75, 3.05) is 52.4 Å². The molecule has 0 unspecified atom stereocenters. The molecule has 3 aliphatic heterocycles. The largest absolute Gasteiger partial charge is 0.347 e. The summed E-state index contributed by atoms with van der Waals surface area (Å²) in [5.41, 5.74) is 6.45. The highest BCUT2D eigenvalue weighted by molar-refractivity contribution is 6.09. The van der Waals surface area contributed by atoms with Crippen molar-refractivity contribution in [3.05, 3.63) is 77.5 Å². The molecule has 10 heteroatoms. The molecule has 10 nitrogen and oxygen atoms in total. The van der Waals surface area contributed by atoms with Crippen LogP contribution in [0.25, 0.3) is 33.4 Å². The fourth-order valence-corrected chi connectivity index (χ4v) is 8.36. The van der Waals surface area contributed by atoms with E-state index in [0.717, 1.165) is 85.3 Å². The Kier molecular flexibility index (Phi) is 9.79. The number of carbonyl (C=O) groups excluding carboxylic acids is 4. The van der Waals surface area contributed by atoms with Gasteiger partial charge in [0, 0.05) is 117 Å². The molecule has 2 aromatic carbocycles. The molecule has 0 aliphatic carbocycles. The second kappa shape index (κ2) is 14.4. The molecule has 3 fully saturated rings. The van der Waals surface area contributed by atoms with Crippen molar-refractivity contribution >= 4 is 34.4 Å². The second-order valence-electron chi connectivity index (χ2n) is 14.5. The molecule has 3 aliphatic rings. The topological polar surface area (TPSA) is 99.1 Å². The summed E-state index contributed by atoms with van der Waals surface area (Å²) in [4.78, 5) is 65.1. The molecule has 7 rings (SSSR count). The Morgan fingerprint density at radius 1 is 0.686 bits per heavy atom. The van der Waals surface area contributed by atoms with Crippen molar-refractivity contribution in [1.29, 1.82) is 0 Å². The number of amides is 3. The highest BCUT2D eigenvalue weighted by Gasteiger charge is 2.34. The van der Waals surface area contributed by atoms with Crippen molar-refractivity contribution in [2.45, 2.75) is 52.5 Å². The van der Waals surface area contributed by atoms with E-state index in [4.69, 9.17) is 4.98 Å². The van der Waals surface area contributed by atoms with E-state index in [0.29, 0.717) is 49.0 Å². The number of aryl methyl sites for hydroxylation is 1. The van der Waals surface area contributed by atoms with Crippen LogP contribution in [0.1, 0.15) is 65.9 Å². The number of nitrogens with zero attached hydrogens (tertiary/aromatic N) is 6. The maximum absolute atomic E-state index is 14.1. The number of hydrogen-bond acceptors (Lipinski definition) is 6. The Labute approximate surface area is 300 Å². The molecule has 0 saturated carbocycles. The quantitative estimate of drug-likeness (QED) is 0.251. The number of rotatable bonds is 6. The van der Waals surface area contributed by atoms with Gasteiger partial charge in [-0.25, -0.2) is 4.98 Å². The number of piperidine rings is 2. The molecule has 51 heavy (non-hydrogen) atoms. The van der Waals surface area contributed by atoms with Crippen LogP contribution in [-0.2, 0) is 16.6 Å². The molecule has 5 heterocycles. The minimum Gasteiger partial charge on any atom is -0.347 e. The predicted octanol–water partition coefficient (Wildman–Crippen LogP) is 5.43. The predicted molar refractivity (Wildman–Crippen MR) is 198 cm³/mol. The van der Waals surface area contributed by atoms with Crippen LogP contribution >= 0.6 is 0 Å². The summed E-state index contributed by atoms with van der Waals surface area (Å²) in [5.74, 6) is 0.376. The summed E-state index contributed by atoms with van der Waals surface area (Å²) in [6.07, 6.45) is 3.39. The van der Waals surface area contributed by atoms with Gasteiger partial charge in [0.15, 0.2) is 5.78 Å². The smallest absolute Gasteiger partial charge is 0.254 e. The van der Waals surface area contributed by atoms with Gasteiger partial charge in [0.05, 0.1) is 11.4 Å². The van der Waals surface area contributed by atoms with Gasteiger partial charge in [-0.3, -0.25) is 24.1 Å². The van der Waals surface area contributed by atoms with Crippen LogP contribution in [0.5, 0.6) is 0 Å². The molecule has 266 valence electrons. The molecule has 0 N–H and O–H groups in total. The Bertz CT molecular complexity index is 1960. The van der Waals surface area contributed by atoms with Crippen LogP contribution < -0.4 is 0 Å². The van der Waals surface area contributed by atoms with Crippen LogP contribution in [0, 0.1) is 12.8 Å². The van der Waals surface area contributed by atoms with E-state index >= 15 is 0 Å². The van der Waals surface area contributed by atoms with Gasteiger partial charge in [0.25, 0.3) is 5.91 Å². The standard InChI is InChI=1S/C41H48N6O4/c1-27-39(28(2)48)35-24-32(10-11-38(35)43(27)4)37-26-33(25-36(42-37)30-8-6-5-7-9-30)41(51)47-22-20-45(21-23-47)34-14-18-46(19-15-34)40(50)31-12-16-44(17-13-31)29(3)49/h5-11,24-26,31,34H,12-23H2,1-4H3. The summed E-state index contributed by atoms with van der Waals surface area (Å²) in [6.45, 7) is 10.9. The molecule has 3 amide bonds. The SMILES string of the molecule is CC(=O)c1c(C)n(C)c2ccc(-c3cc(C(=O)N4CCN(C5CCN(C(=O)C6CCN(C(C)=O)CC6)CC5)CC4)cc(-c4ccccc4)n3)cc12. The molecular weight excluding hydrogens is 640 g/mol. The Morgan fingerprint density at radius 3 is 1.94 bits per heavy atom. The lowest BCUT2D eigenvalue weighted by Crippen LogP contribution is -2.55. The monoisotopic (exact) mass is 688 g/mol. The van der Waals surface area contributed by atoms with Crippen molar-refractivity contribution < 1.29 is 19.2 Å². The first kappa shape index (κ1) is 34.6. The summed E-state index contributed by atoms with van der Waals surface area (Å²) >= 11 is 0. The molecular formula is C41H48N6O4. The van der Waals surface area contributed by atoms with Gasteiger partial charge < -0.3 is 19.3 Å². The van der Waals surface area contributed by atoms with E-state index in [9.17, 15) is 19.2 Å². The fourth-order valence-electron chi connectivity index (χ4n) is 8.36. The van der Waals surface area contributed by atoms with Crippen LogP contribution in [0.3, 0.4) is 0 Å². The normalized spacial score (nSPS) is 18.0. The maximum Gasteiger partial charge on any atom is 0.254 e. The van der Waals surface area contributed by atoms with Crippen molar-refractivity contribution in [2.24, 2.45) is 13.0 Å². The third kappa shape index (κ3) is 6.94. The Hall–Kier alpha value is -4.83. The molecule has 0 atom stereocenters. The highest BCUT2D eigenvalue weighted by Crippen LogP contribution is 2.32. The minimum atomic E-state index is -0.00669. The summed E-state index contributed by atoms with van der Waals surface area (Å²) in [5, 5.41) is 0.890. The van der Waals surface area contributed by atoms with Gasteiger partial charge in [0.1, 0.15) is 0 Å². The first-order valence-electron chi connectivity index (χ1n) is 18.3. The zero-order valence-electron chi connectivity index (χ0n) is 30.2. The summed E-state index contributed by atoms with van der Waals surface area (Å²) in [7, 11) is 1.97. The van der Waals surface area contributed by atoms with E-state index in [1.807, 2.05) is 93.9 Å². The lowest BCUT2D eigenvalue weighted by atomic mass is 9.93. The number of Topliss-reactive ketones (excluding diaryl/α,β-unsaturated/α-hetero) is 1. The van der Waals surface area contributed by atoms with E-state index in [-0.39, 0.29) is 29.4 Å². The number of fused-ring (bicyclic) bond motifs is 1. The number of aromatic nitrogens is 2. The van der Waals surface area contributed by atoms with E-state index < -0.39 is 0 Å². The Morgan fingerprint density at radius 2 is 1.31 bits per heavy atom. The number of benzene rings is 2. The molecule has 0 bridgehead atoms. The van der Waals surface area contributed by atoms with Gasteiger partial charge in [-0.05, 0) is 63.8 Å². The molecule has 3 saturated heterocycles. The van der Waals surface area contributed by atoms with Gasteiger partial charge >= 0.3 is 0 Å². The number of carbonyl (C=O) groups is 4. The summed E-state index contributed by atoms with van der Waals surface area (Å²) in [6, 6.07) is 20.2. The number of pyridine rings is 1. The van der Waals surface area contributed by atoms with Crippen LogP contribution in [-0.4, -0.2) is 111 Å². The molecule has 0 spiro atoms. The van der Waals surface area contributed by atoms with E-state index in [2.05, 4.69) is 4.90 Å². The lowest BCUT2D eigenvalue weighted by Gasteiger charge is -2.43. The average Bonchev–Trinajstić information content (AvgIpc) is 3.42. The zero-order chi connectivity index (χ0) is 35.8. The van der Waals surface area contributed by atoms with Crippen molar-refractivity contribution in [3.63, 3.8) is 0 Å². The average molecular weight is 689 g/mol. The second-order valence-corrected chi connectivity index (χ2v) is 14.5. The third-order valence-electron chi connectivity index (χ3n) is 11.5. The van der Waals surface area contributed by atoms with Gasteiger partial charge in [-0.2, -0.15) is 0 Å². The number of ketones is 1. The van der Waals surface area contributed by atoms with Crippen LogP contribution in [0.2, 0.25) is 0 Å². The molecule has 0 radical (unpaired) electrons. The van der Waals surface area contributed by atoms with E-state index in [1.54, 1.807) is 13.8 Å². The number of likely N-dealkylation sites (tertiary alicyclic amines) is 2. The van der Waals surface area contributed by atoms with Gasteiger partial charge in [0.2, 0.25) is 11.8 Å². The van der Waals surface area contributed by atoms with Gasteiger partial charge in [-0.1, -0.05) is 36.4 Å². The highest BCUT2D eigenvalue weighted by atomic mass is 16.2. The summed E-state index contributed by atoms with van der Waals surface area (Å²) < 4.78 is 2.05. The van der Waals surface area contributed by atoms with Gasteiger partial charge in [-0.15, -0.1) is 0 Å². The van der Waals surface area contributed by atoms with E-state index in [1.165, 1.54) is 0 Å². The third-order valence-corrected chi connectivity index (χ3v) is 11.5. The van der Waals surface area contributed by atoms with Crippen molar-refractivity contribution in [3.8, 4) is 22.5 Å². The lowest BCUT2D eigenvalue weighted by molar-refractivity contribution is -0.141. The van der Waals surface area contributed by atoms with Crippen LogP contribution in [0.4, 0.5) is 0 Å². The number of hydrogen-bond donors (Lipinski definition) is 0. The first-order chi connectivity index (χ1) is 24.6. The minimum absolute atomic E-state index is 0.00669.